The molecule has 0 saturated heterocycles. The highest BCUT2D eigenvalue weighted by molar-refractivity contribution is 5.22. The minimum Gasteiger partial charge on any atom is -0.307 e. The normalized spacial score (nSPS) is 20.4. The summed E-state index contributed by atoms with van der Waals surface area (Å²) in [6.07, 6.45) is 7.64. The van der Waals surface area contributed by atoms with Gasteiger partial charge in [0.2, 0.25) is 0 Å². The summed E-state index contributed by atoms with van der Waals surface area (Å²) in [7, 11) is 0. The SMILES string of the molecule is CC(N[C@H](C)C1CCCCCC1)c1c(F)cccc1F. The molecule has 0 spiro atoms. The molecule has 2 rings (SSSR count). The molecule has 1 saturated carbocycles. The van der Waals surface area contributed by atoms with E-state index < -0.39 is 11.6 Å². The summed E-state index contributed by atoms with van der Waals surface area (Å²) >= 11 is 0. The first kappa shape index (κ1) is 15.4. The van der Waals surface area contributed by atoms with Gasteiger partial charge < -0.3 is 5.32 Å². The highest BCUT2D eigenvalue weighted by Gasteiger charge is 2.23. The van der Waals surface area contributed by atoms with Gasteiger partial charge in [0.1, 0.15) is 11.6 Å². The topological polar surface area (TPSA) is 12.0 Å². The Balaban J connectivity index is 2.01. The smallest absolute Gasteiger partial charge is 0.130 e. The lowest BCUT2D eigenvalue weighted by atomic mass is 9.92. The highest BCUT2D eigenvalue weighted by atomic mass is 19.1. The first-order chi connectivity index (χ1) is 9.59. The van der Waals surface area contributed by atoms with Crippen molar-refractivity contribution >= 4 is 0 Å². The molecule has 3 heteroatoms. The highest BCUT2D eigenvalue weighted by Crippen LogP contribution is 2.28. The fourth-order valence-electron chi connectivity index (χ4n) is 3.35. The third-order valence-corrected chi connectivity index (χ3v) is 4.55. The molecule has 1 aromatic carbocycles. The number of hydrogen-bond acceptors (Lipinski definition) is 1. The van der Waals surface area contributed by atoms with Crippen molar-refractivity contribution in [3.8, 4) is 0 Å². The quantitative estimate of drug-likeness (QED) is 0.768. The largest absolute Gasteiger partial charge is 0.307 e. The predicted octanol–water partition coefficient (Wildman–Crippen LogP) is 4.97. The van der Waals surface area contributed by atoms with Crippen molar-refractivity contribution in [2.45, 2.75) is 64.5 Å². The number of nitrogens with one attached hydrogen (secondary N) is 1. The second-order valence-corrected chi connectivity index (χ2v) is 6.06. The number of halogens is 2. The van der Waals surface area contributed by atoms with Crippen LogP contribution in [0, 0.1) is 17.6 Å². The standard InChI is InChI=1S/C17H25F2N/c1-12(14-8-5-3-4-6-9-14)20-13(2)17-15(18)10-7-11-16(17)19/h7,10-14,20H,3-6,8-9H2,1-2H3/t12-,13?/m1/s1. The molecule has 0 heterocycles. The van der Waals surface area contributed by atoms with Gasteiger partial charge in [0, 0.05) is 17.6 Å². The molecule has 0 aromatic heterocycles. The van der Waals surface area contributed by atoms with Gasteiger partial charge in [-0.1, -0.05) is 31.7 Å². The van der Waals surface area contributed by atoms with Gasteiger partial charge in [-0.05, 0) is 44.7 Å². The number of hydrogen-bond donors (Lipinski definition) is 1. The minimum absolute atomic E-state index is 0.160. The van der Waals surface area contributed by atoms with Crippen LogP contribution in [0.3, 0.4) is 0 Å². The van der Waals surface area contributed by atoms with E-state index in [1.165, 1.54) is 56.7 Å². The fourth-order valence-corrected chi connectivity index (χ4v) is 3.35. The van der Waals surface area contributed by atoms with Crippen LogP contribution in [0.4, 0.5) is 8.78 Å². The Morgan fingerprint density at radius 3 is 2.10 bits per heavy atom. The van der Waals surface area contributed by atoms with Crippen LogP contribution >= 0.6 is 0 Å². The van der Waals surface area contributed by atoms with Gasteiger partial charge in [0.25, 0.3) is 0 Å². The summed E-state index contributed by atoms with van der Waals surface area (Å²) in [4.78, 5) is 0. The maximum Gasteiger partial charge on any atom is 0.130 e. The molecular weight excluding hydrogens is 256 g/mol. The molecule has 1 nitrogen and oxygen atoms in total. The lowest BCUT2D eigenvalue weighted by molar-refractivity contribution is 0.311. The van der Waals surface area contributed by atoms with Gasteiger partial charge in [-0.2, -0.15) is 0 Å². The van der Waals surface area contributed by atoms with Crippen LogP contribution in [0.15, 0.2) is 18.2 Å². The van der Waals surface area contributed by atoms with E-state index >= 15 is 0 Å². The van der Waals surface area contributed by atoms with Crippen molar-refractivity contribution < 1.29 is 8.78 Å². The van der Waals surface area contributed by atoms with Crippen molar-refractivity contribution in [1.29, 1.82) is 0 Å². The molecule has 1 fully saturated rings. The average molecular weight is 281 g/mol. The third kappa shape index (κ3) is 3.78. The average Bonchev–Trinajstić information content (AvgIpc) is 2.67. The lowest BCUT2D eigenvalue weighted by Gasteiger charge is -2.27. The summed E-state index contributed by atoms with van der Waals surface area (Å²) < 4.78 is 27.6. The Morgan fingerprint density at radius 2 is 1.55 bits per heavy atom. The molecule has 1 aliphatic carbocycles. The monoisotopic (exact) mass is 281 g/mol. The molecule has 20 heavy (non-hydrogen) atoms. The van der Waals surface area contributed by atoms with E-state index in [1.807, 2.05) is 6.92 Å². The molecule has 0 radical (unpaired) electrons. The van der Waals surface area contributed by atoms with Gasteiger partial charge in [-0.15, -0.1) is 0 Å². The van der Waals surface area contributed by atoms with E-state index in [4.69, 9.17) is 0 Å². The zero-order chi connectivity index (χ0) is 14.5. The molecule has 0 amide bonds. The first-order valence-electron chi connectivity index (χ1n) is 7.79. The van der Waals surface area contributed by atoms with Crippen LogP contribution in [-0.4, -0.2) is 6.04 Å². The van der Waals surface area contributed by atoms with E-state index in [9.17, 15) is 8.78 Å². The molecule has 1 unspecified atom stereocenters. The fraction of sp³-hybridized carbons (Fsp3) is 0.647. The van der Waals surface area contributed by atoms with E-state index in [0.717, 1.165) is 0 Å². The zero-order valence-corrected chi connectivity index (χ0v) is 12.5. The summed E-state index contributed by atoms with van der Waals surface area (Å²) in [6.45, 7) is 3.99. The van der Waals surface area contributed by atoms with Gasteiger partial charge in [0.05, 0.1) is 0 Å². The molecule has 112 valence electrons. The number of benzene rings is 1. The summed E-state index contributed by atoms with van der Waals surface area (Å²) in [6, 6.07) is 4.06. The van der Waals surface area contributed by atoms with Crippen molar-refractivity contribution in [2.24, 2.45) is 5.92 Å². The molecule has 1 N–H and O–H groups in total. The van der Waals surface area contributed by atoms with Crippen LogP contribution in [0.2, 0.25) is 0 Å². The van der Waals surface area contributed by atoms with Crippen LogP contribution in [-0.2, 0) is 0 Å². The van der Waals surface area contributed by atoms with Crippen molar-refractivity contribution in [1.82, 2.24) is 5.32 Å². The molecule has 2 atom stereocenters. The lowest BCUT2D eigenvalue weighted by Crippen LogP contribution is -2.36. The van der Waals surface area contributed by atoms with Crippen molar-refractivity contribution in [3.63, 3.8) is 0 Å². The Bertz CT molecular complexity index is 405. The van der Waals surface area contributed by atoms with Crippen molar-refractivity contribution in [2.75, 3.05) is 0 Å². The summed E-state index contributed by atoms with van der Waals surface area (Å²) in [5.74, 6) is -0.300. The molecule has 1 aromatic rings. The van der Waals surface area contributed by atoms with Gasteiger partial charge in [0.15, 0.2) is 0 Å². The summed E-state index contributed by atoms with van der Waals surface area (Å²) in [5, 5.41) is 3.40. The molecule has 0 aliphatic heterocycles. The molecule has 1 aliphatic rings. The van der Waals surface area contributed by atoms with E-state index in [1.54, 1.807) is 0 Å². The second kappa shape index (κ2) is 7.16. The minimum atomic E-state index is -0.460. The van der Waals surface area contributed by atoms with E-state index in [-0.39, 0.29) is 11.6 Å². The van der Waals surface area contributed by atoms with Crippen LogP contribution in [0.1, 0.15) is 64.0 Å². The number of rotatable bonds is 4. The van der Waals surface area contributed by atoms with Crippen LogP contribution < -0.4 is 5.32 Å². The Hall–Kier alpha value is -0.960. The van der Waals surface area contributed by atoms with E-state index in [2.05, 4.69) is 12.2 Å². The van der Waals surface area contributed by atoms with E-state index in [0.29, 0.717) is 12.0 Å². The van der Waals surface area contributed by atoms with Gasteiger partial charge in [-0.3, -0.25) is 0 Å². The van der Waals surface area contributed by atoms with Gasteiger partial charge >= 0.3 is 0 Å². The van der Waals surface area contributed by atoms with Crippen LogP contribution in [0.25, 0.3) is 0 Å². The van der Waals surface area contributed by atoms with Crippen molar-refractivity contribution in [3.05, 3.63) is 35.4 Å². The third-order valence-electron chi connectivity index (χ3n) is 4.55. The molecule has 0 bridgehead atoms. The zero-order valence-electron chi connectivity index (χ0n) is 12.5. The Kier molecular flexibility index (Phi) is 5.53. The maximum absolute atomic E-state index is 13.8. The molecular formula is C17H25F2N. The Morgan fingerprint density at radius 1 is 1.00 bits per heavy atom. The maximum atomic E-state index is 13.8. The Labute approximate surface area is 120 Å². The predicted molar refractivity (Wildman–Crippen MR) is 78.6 cm³/mol. The van der Waals surface area contributed by atoms with Gasteiger partial charge in [-0.25, -0.2) is 8.78 Å². The van der Waals surface area contributed by atoms with Crippen LogP contribution in [0.5, 0.6) is 0 Å². The first-order valence-corrected chi connectivity index (χ1v) is 7.79. The second-order valence-electron chi connectivity index (χ2n) is 6.06. The summed E-state index contributed by atoms with van der Waals surface area (Å²) in [5.41, 5.74) is 0.160.